The molecule has 0 aliphatic carbocycles. The van der Waals surface area contributed by atoms with Gasteiger partial charge in [0.2, 0.25) is 0 Å². The molecule has 2 heterocycles. The summed E-state index contributed by atoms with van der Waals surface area (Å²) in [6.07, 6.45) is 2.15. The van der Waals surface area contributed by atoms with E-state index in [1.807, 2.05) is 0 Å². The van der Waals surface area contributed by atoms with Crippen molar-refractivity contribution in [3.05, 3.63) is 22.4 Å². The van der Waals surface area contributed by atoms with E-state index >= 15 is 0 Å². The predicted molar refractivity (Wildman–Crippen MR) is 69.7 cm³/mol. The van der Waals surface area contributed by atoms with E-state index in [2.05, 4.69) is 39.6 Å². The van der Waals surface area contributed by atoms with Gasteiger partial charge in [-0.05, 0) is 24.4 Å². The number of hydrogen-bond acceptors (Lipinski definition) is 3. The fourth-order valence-corrected chi connectivity index (χ4v) is 2.43. The fraction of sp³-hybridized carbons (Fsp3) is 0.538. The van der Waals surface area contributed by atoms with E-state index in [0.717, 1.165) is 32.6 Å². The molecular formula is C13H18N2S. The third-order valence-corrected chi connectivity index (χ3v) is 3.58. The van der Waals surface area contributed by atoms with Crippen molar-refractivity contribution in [1.82, 2.24) is 10.2 Å². The molecule has 0 amide bonds. The molecule has 1 saturated heterocycles. The number of nitrogens with zero attached hydrogens (tertiary/aromatic N) is 1. The lowest BCUT2D eigenvalue weighted by Gasteiger charge is -2.15. The van der Waals surface area contributed by atoms with Gasteiger partial charge in [-0.25, -0.2) is 0 Å². The van der Waals surface area contributed by atoms with Crippen LogP contribution in [0.3, 0.4) is 0 Å². The van der Waals surface area contributed by atoms with E-state index in [9.17, 15) is 0 Å². The molecule has 0 spiro atoms. The summed E-state index contributed by atoms with van der Waals surface area (Å²) in [5.74, 6) is 6.53. The van der Waals surface area contributed by atoms with Gasteiger partial charge in [-0.3, -0.25) is 4.90 Å². The van der Waals surface area contributed by atoms with Crippen LogP contribution < -0.4 is 5.32 Å². The third kappa shape index (κ3) is 3.97. The smallest absolute Gasteiger partial charge is 0.0602 e. The summed E-state index contributed by atoms with van der Waals surface area (Å²) < 4.78 is 0. The average molecular weight is 234 g/mol. The third-order valence-electron chi connectivity index (χ3n) is 2.70. The van der Waals surface area contributed by atoms with E-state index in [1.165, 1.54) is 17.8 Å². The maximum atomic E-state index is 3.40. The quantitative estimate of drug-likeness (QED) is 0.782. The lowest BCUT2D eigenvalue weighted by Crippen LogP contribution is -2.28. The Balaban J connectivity index is 1.71. The Morgan fingerprint density at radius 1 is 1.31 bits per heavy atom. The van der Waals surface area contributed by atoms with Crippen LogP contribution in [0.2, 0.25) is 0 Å². The maximum Gasteiger partial charge on any atom is 0.0602 e. The van der Waals surface area contributed by atoms with E-state index in [1.54, 1.807) is 11.3 Å². The lowest BCUT2D eigenvalue weighted by atomic mass is 10.3. The number of nitrogens with one attached hydrogen (secondary N) is 1. The Labute approximate surface area is 102 Å². The summed E-state index contributed by atoms with van der Waals surface area (Å²) in [5.41, 5.74) is 0. The van der Waals surface area contributed by atoms with Crippen molar-refractivity contribution in [3.63, 3.8) is 0 Å². The minimum atomic E-state index is 0.907. The van der Waals surface area contributed by atoms with E-state index in [4.69, 9.17) is 0 Å². The molecule has 1 aliphatic heterocycles. The van der Waals surface area contributed by atoms with Gasteiger partial charge in [-0.2, -0.15) is 0 Å². The highest BCUT2D eigenvalue weighted by Crippen LogP contribution is 2.07. The molecule has 2 rings (SSSR count). The zero-order chi connectivity index (χ0) is 11.1. The molecule has 2 nitrogen and oxygen atoms in total. The van der Waals surface area contributed by atoms with Crippen molar-refractivity contribution in [2.45, 2.75) is 12.8 Å². The van der Waals surface area contributed by atoms with E-state index in [-0.39, 0.29) is 0 Å². The summed E-state index contributed by atoms with van der Waals surface area (Å²) in [4.78, 5) is 3.80. The summed E-state index contributed by atoms with van der Waals surface area (Å²) in [7, 11) is 0. The van der Waals surface area contributed by atoms with Gasteiger partial charge in [0.05, 0.1) is 6.54 Å². The van der Waals surface area contributed by atoms with Gasteiger partial charge >= 0.3 is 0 Å². The Bertz CT molecular complexity index is 340. The predicted octanol–water partition coefficient (Wildman–Crippen LogP) is 1.59. The first kappa shape index (κ1) is 11.7. The second kappa shape index (κ2) is 6.70. The normalized spacial score (nSPS) is 17.5. The minimum absolute atomic E-state index is 0.907. The van der Waals surface area contributed by atoms with Crippen LogP contribution in [0.4, 0.5) is 0 Å². The molecule has 0 saturated carbocycles. The SMILES string of the molecule is C(#CCN1CCCNCC1)Cc1cccs1. The first-order valence-electron chi connectivity index (χ1n) is 5.86. The monoisotopic (exact) mass is 234 g/mol. The van der Waals surface area contributed by atoms with Gasteiger partial charge in [0.1, 0.15) is 0 Å². The zero-order valence-corrected chi connectivity index (χ0v) is 10.4. The fourth-order valence-electron chi connectivity index (χ4n) is 1.79. The molecule has 1 aromatic heterocycles. The number of thiophene rings is 1. The molecule has 0 atom stereocenters. The molecule has 1 fully saturated rings. The molecule has 1 N–H and O–H groups in total. The summed E-state index contributed by atoms with van der Waals surface area (Å²) in [6, 6.07) is 4.23. The first-order valence-corrected chi connectivity index (χ1v) is 6.74. The Hall–Kier alpha value is -0.820. The maximum absolute atomic E-state index is 3.40. The highest BCUT2D eigenvalue weighted by molar-refractivity contribution is 7.09. The van der Waals surface area contributed by atoms with Crippen LogP contribution in [0.15, 0.2) is 17.5 Å². The Morgan fingerprint density at radius 2 is 2.31 bits per heavy atom. The minimum Gasteiger partial charge on any atom is -0.315 e. The van der Waals surface area contributed by atoms with Crippen LogP contribution in [0.1, 0.15) is 11.3 Å². The van der Waals surface area contributed by atoms with Crippen LogP contribution in [-0.2, 0) is 6.42 Å². The van der Waals surface area contributed by atoms with Gasteiger partial charge in [0.25, 0.3) is 0 Å². The van der Waals surface area contributed by atoms with E-state index in [0.29, 0.717) is 0 Å². The molecule has 0 aromatic carbocycles. The highest BCUT2D eigenvalue weighted by atomic mass is 32.1. The van der Waals surface area contributed by atoms with Crippen LogP contribution >= 0.6 is 11.3 Å². The average Bonchev–Trinajstić information content (AvgIpc) is 2.68. The molecule has 3 heteroatoms. The van der Waals surface area contributed by atoms with Crippen LogP contribution in [0.25, 0.3) is 0 Å². The second-order valence-electron chi connectivity index (χ2n) is 3.99. The summed E-state index contributed by atoms with van der Waals surface area (Å²) >= 11 is 1.79. The molecule has 1 aliphatic rings. The van der Waals surface area contributed by atoms with Crippen molar-refractivity contribution in [3.8, 4) is 11.8 Å². The second-order valence-corrected chi connectivity index (χ2v) is 5.02. The first-order chi connectivity index (χ1) is 7.95. The van der Waals surface area contributed by atoms with Crippen LogP contribution in [0.5, 0.6) is 0 Å². The lowest BCUT2D eigenvalue weighted by molar-refractivity contribution is 0.329. The van der Waals surface area contributed by atoms with Crippen molar-refractivity contribution in [2.75, 3.05) is 32.7 Å². The van der Waals surface area contributed by atoms with Gasteiger partial charge in [0, 0.05) is 30.9 Å². The highest BCUT2D eigenvalue weighted by Gasteiger charge is 2.05. The molecular weight excluding hydrogens is 216 g/mol. The number of rotatable bonds is 2. The largest absolute Gasteiger partial charge is 0.315 e. The van der Waals surface area contributed by atoms with Gasteiger partial charge in [-0.15, -0.1) is 11.3 Å². The summed E-state index contributed by atoms with van der Waals surface area (Å²) in [6.45, 7) is 5.49. The topological polar surface area (TPSA) is 15.3 Å². The Kier molecular flexibility index (Phi) is 4.88. The van der Waals surface area contributed by atoms with Crippen LogP contribution in [0, 0.1) is 11.8 Å². The van der Waals surface area contributed by atoms with Gasteiger partial charge in [-0.1, -0.05) is 17.9 Å². The van der Waals surface area contributed by atoms with Crippen molar-refractivity contribution < 1.29 is 0 Å². The molecule has 86 valence electrons. The van der Waals surface area contributed by atoms with Crippen molar-refractivity contribution >= 4 is 11.3 Å². The van der Waals surface area contributed by atoms with E-state index < -0.39 is 0 Å². The van der Waals surface area contributed by atoms with Gasteiger partial charge < -0.3 is 5.32 Å². The standard InChI is InChI=1S/C13H18N2S/c1(5-13-6-3-12-16-13)2-9-15-10-4-7-14-8-11-15/h3,6,12,14H,4-5,7-11H2. The zero-order valence-electron chi connectivity index (χ0n) is 9.54. The molecule has 1 aromatic rings. The van der Waals surface area contributed by atoms with Crippen molar-refractivity contribution in [1.29, 1.82) is 0 Å². The van der Waals surface area contributed by atoms with Crippen molar-refractivity contribution in [2.24, 2.45) is 0 Å². The Morgan fingerprint density at radius 3 is 3.19 bits per heavy atom. The number of hydrogen-bond donors (Lipinski definition) is 1. The molecule has 16 heavy (non-hydrogen) atoms. The molecule has 0 unspecified atom stereocenters. The van der Waals surface area contributed by atoms with Crippen LogP contribution in [-0.4, -0.2) is 37.6 Å². The molecule has 0 radical (unpaired) electrons. The van der Waals surface area contributed by atoms with Gasteiger partial charge in [0.15, 0.2) is 0 Å². The summed E-state index contributed by atoms with van der Waals surface area (Å²) in [5, 5.41) is 5.51. The molecule has 0 bridgehead atoms.